The number of aromatic nitrogens is 2. The molecule has 0 bridgehead atoms. The minimum absolute atomic E-state index is 0.185. The van der Waals surface area contributed by atoms with Gasteiger partial charge in [-0.15, -0.1) is 0 Å². The molecule has 21 heavy (non-hydrogen) atoms. The van der Waals surface area contributed by atoms with E-state index >= 15 is 0 Å². The van der Waals surface area contributed by atoms with Crippen molar-refractivity contribution in [2.24, 2.45) is 5.92 Å². The zero-order chi connectivity index (χ0) is 14.5. The van der Waals surface area contributed by atoms with Crippen LogP contribution >= 0.6 is 0 Å². The molecule has 3 rings (SSSR count). The molecule has 0 spiro atoms. The number of nitrogens with zero attached hydrogens (tertiary/aromatic N) is 2. The molecule has 0 aromatic carbocycles. The summed E-state index contributed by atoms with van der Waals surface area (Å²) in [6.45, 7) is 0. The van der Waals surface area contributed by atoms with Gasteiger partial charge >= 0.3 is 0 Å². The van der Waals surface area contributed by atoms with Crippen LogP contribution in [0.15, 0.2) is 4.52 Å². The van der Waals surface area contributed by atoms with Gasteiger partial charge in [-0.05, 0) is 31.6 Å². The van der Waals surface area contributed by atoms with E-state index in [1.54, 1.807) is 0 Å². The van der Waals surface area contributed by atoms with Gasteiger partial charge in [0, 0.05) is 12.3 Å². The molecule has 1 aromatic heterocycles. The molecule has 2 atom stereocenters. The Bertz CT molecular complexity index is 424. The van der Waals surface area contributed by atoms with Crippen molar-refractivity contribution in [3.8, 4) is 0 Å². The van der Waals surface area contributed by atoms with Crippen LogP contribution in [0.25, 0.3) is 0 Å². The minimum Gasteiger partial charge on any atom is -0.393 e. The number of aliphatic hydroxyl groups is 1. The molecule has 4 heteroatoms. The predicted molar refractivity (Wildman–Crippen MR) is 81.0 cm³/mol. The highest BCUT2D eigenvalue weighted by Crippen LogP contribution is 2.31. The molecule has 1 aromatic rings. The Labute approximate surface area is 127 Å². The molecule has 0 aliphatic heterocycles. The van der Waals surface area contributed by atoms with Crippen molar-refractivity contribution in [2.45, 2.75) is 89.1 Å². The average Bonchev–Trinajstić information content (AvgIpc) is 2.89. The lowest BCUT2D eigenvalue weighted by atomic mass is 9.84. The van der Waals surface area contributed by atoms with Gasteiger partial charge < -0.3 is 9.63 Å². The van der Waals surface area contributed by atoms with E-state index in [4.69, 9.17) is 4.52 Å². The van der Waals surface area contributed by atoms with Crippen LogP contribution in [0.3, 0.4) is 0 Å². The normalized spacial score (nSPS) is 29.0. The minimum atomic E-state index is -0.185. The van der Waals surface area contributed by atoms with Crippen LogP contribution < -0.4 is 0 Å². The first-order chi connectivity index (χ1) is 10.3. The van der Waals surface area contributed by atoms with E-state index in [0.29, 0.717) is 11.8 Å². The highest BCUT2D eigenvalue weighted by Gasteiger charge is 2.26. The lowest BCUT2D eigenvalue weighted by Gasteiger charge is -2.26. The third-order valence-electron chi connectivity index (χ3n) is 5.26. The van der Waals surface area contributed by atoms with Gasteiger partial charge in [-0.1, -0.05) is 50.1 Å². The number of hydrogen-bond acceptors (Lipinski definition) is 4. The topological polar surface area (TPSA) is 59.2 Å². The second-order valence-electron chi connectivity index (χ2n) is 6.90. The van der Waals surface area contributed by atoms with E-state index in [1.807, 2.05) is 0 Å². The van der Waals surface area contributed by atoms with Gasteiger partial charge in [-0.3, -0.25) is 0 Å². The summed E-state index contributed by atoms with van der Waals surface area (Å²) in [5.74, 6) is 2.44. The van der Waals surface area contributed by atoms with E-state index < -0.39 is 0 Å². The summed E-state index contributed by atoms with van der Waals surface area (Å²) >= 11 is 0. The van der Waals surface area contributed by atoms with E-state index in [0.717, 1.165) is 37.4 Å². The summed E-state index contributed by atoms with van der Waals surface area (Å²) < 4.78 is 5.47. The summed E-state index contributed by atoms with van der Waals surface area (Å²) in [6, 6.07) is 0. The summed E-state index contributed by atoms with van der Waals surface area (Å²) in [5.41, 5.74) is 0. The Morgan fingerprint density at radius 2 is 1.57 bits per heavy atom. The van der Waals surface area contributed by atoms with Crippen LogP contribution in [0.2, 0.25) is 0 Å². The van der Waals surface area contributed by atoms with Crippen molar-refractivity contribution in [3.63, 3.8) is 0 Å². The molecule has 0 radical (unpaired) electrons. The van der Waals surface area contributed by atoms with E-state index in [1.165, 1.54) is 51.4 Å². The molecule has 1 N–H and O–H groups in total. The second kappa shape index (κ2) is 7.39. The standard InChI is InChI=1S/C17H28N2O2/c20-15-11-7-6-10-14(15)12-16-18-17(19-21-16)13-8-4-2-1-3-5-9-13/h13-15,20H,1-12H2. The Morgan fingerprint density at radius 1 is 0.905 bits per heavy atom. The van der Waals surface area contributed by atoms with Crippen LogP contribution in [0, 0.1) is 5.92 Å². The molecule has 2 aliphatic carbocycles. The van der Waals surface area contributed by atoms with Gasteiger partial charge in [0.25, 0.3) is 0 Å². The average molecular weight is 292 g/mol. The van der Waals surface area contributed by atoms with Gasteiger partial charge in [0.05, 0.1) is 6.10 Å². The summed E-state index contributed by atoms with van der Waals surface area (Å²) in [4.78, 5) is 4.65. The first kappa shape index (κ1) is 15.0. The van der Waals surface area contributed by atoms with Crippen molar-refractivity contribution >= 4 is 0 Å². The van der Waals surface area contributed by atoms with Crippen molar-refractivity contribution in [1.29, 1.82) is 0 Å². The highest BCUT2D eigenvalue weighted by atomic mass is 16.5. The van der Waals surface area contributed by atoms with E-state index in [9.17, 15) is 5.11 Å². The Balaban J connectivity index is 1.59. The quantitative estimate of drug-likeness (QED) is 0.915. The van der Waals surface area contributed by atoms with Gasteiger partial charge in [0.15, 0.2) is 5.82 Å². The van der Waals surface area contributed by atoms with Gasteiger partial charge in [0.1, 0.15) is 0 Å². The Morgan fingerprint density at radius 3 is 2.33 bits per heavy atom. The molecule has 0 saturated heterocycles. The first-order valence-corrected chi connectivity index (χ1v) is 8.83. The molecule has 2 saturated carbocycles. The lowest BCUT2D eigenvalue weighted by Crippen LogP contribution is -2.26. The van der Waals surface area contributed by atoms with Crippen molar-refractivity contribution < 1.29 is 9.63 Å². The fourth-order valence-corrected chi connectivity index (χ4v) is 3.88. The largest absolute Gasteiger partial charge is 0.393 e. The van der Waals surface area contributed by atoms with Gasteiger partial charge in [-0.2, -0.15) is 4.98 Å². The Kier molecular flexibility index (Phi) is 5.28. The maximum atomic E-state index is 10.1. The van der Waals surface area contributed by atoms with Crippen LogP contribution in [-0.2, 0) is 6.42 Å². The van der Waals surface area contributed by atoms with Crippen molar-refractivity contribution in [3.05, 3.63) is 11.7 Å². The zero-order valence-corrected chi connectivity index (χ0v) is 13.0. The second-order valence-corrected chi connectivity index (χ2v) is 6.90. The van der Waals surface area contributed by atoms with Crippen LogP contribution in [0.1, 0.15) is 88.3 Å². The molecule has 2 fully saturated rings. The van der Waals surface area contributed by atoms with Gasteiger partial charge in [-0.25, -0.2) is 0 Å². The maximum Gasteiger partial charge on any atom is 0.227 e. The van der Waals surface area contributed by atoms with Gasteiger partial charge in [0.2, 0.25) is 5.89 Å². The summed E-state index contributed by atoms with van der Waals surface area (Å²) in [7, 11) is 0. The predicted octanol–water partition coefficient (Wildman–Crippen LogP) is 3.99. The Hall–Kier alpha value is -0.900. The molecule has 1 heterocycles. The summed E-state index contributed by atoms with van der Waals surface area (Å²) in [6.07, 6.45) is 14.0. The molecular formula is C17H28N2O2. The molecule has 118 valence electrons. The molecule has 2 aliphatic rings. The third kappa shape index (κ3) is 4.06. The zero-order valence-electron chi connectivity index (χ0n) is 13.0. The van der Waals surface area contributed by atoms with E-state index in [-0.39, 0.29) is 6.10 Å². The van der Waals surface area contributed by atoms with Crippen LogP contribution in [0.4, 0.5) is 0 Å². The summed E-state index contributed by atoms with van der Waals surface area (Å²) in [5, 5.41) is 14.3. The highest BCUT2D eigenvalue weighted by molar-refractivity contribution is 4.97. The molecular weight excluding hydrogens is 264 g/mol. The van der Waals surface area contributed by atoms with Crippen molar-refractivity contribution in [1.82, 2.24) is 10.1 Å². The maximum absolute atomic E-state index is 10.1. The van der Waals surface area contributed by atoms with Crippen LogP contribution in [-0.4, -0.2) is 21.4 Å². The fraction of sp³-hybridized carbons (Fsp3) is 0.882. The van der Waals surface area contributed by atoms with Crippen molar-refractivity contribution in [2.75, 3.05) is 0 Å². The SMILES string of the molecule is OC1CCCCC1Cc1nc(C2CCCCCCC2)no1. The van der Waals surface area contributed by atoms with Crippen LogP contribution in [0.5, 0.6) is 0 Å². The number of hydrogen-bond donors (Lipinski definition) is 1. The third-order valence-corrected chi connectivity index (χ3v) is 5.26. The molecule has 4 nitrogen and oxygen atoms in total. The number of aliphatic hydroxyl groups excluding tert-OH is 1. The monoisotopic (exact) mass is 292 g/mol. The fourth-order valence-electron chi connectivity index (χ4n) is 3.88. The van der Waals surface area contributed by atoms with E-state index in [2.05, 4.69) is 10.1 Å². The molecule has 0 amide bonds. The smallest absolute Gasteiger partial charge is 0.227 e. The lowest BCUT2D eigenvalue weighted by molar-refractivity contribution is 0.0657. The first-order valence-electron chi connectivity index (χ1n) is 8.83. The molecule has 2 unspecified atom stereocenters. The number of rotatable bonds is 3.